The van der Waals surface area contributed by atoms with Crippen molar-refractivity contribution in [3.8, 4) is 0 Å². The van der Waals surface area contributed by atoms with Crippen LogP contribution in [0.2, 0.25) is 0 Å². The van der Waals surface area contributed by atoms with Gasteiger partial charge >= 0.3 is 0 Å². The van der Waals surface area contributed by atoms with Gasteiger partial charge in [-0.1, -0.05) is 25.1 Å². The average molecular weight is 282 g/mol. The molecular weight excluding hydrogens is 260 g/mol. The van der Waals surface area contributed by atoms with Crippen molar-refractivity contribution in [1.29, 1.82) is 0 Å². The number of hydrogen-bond acceptors (Lipinski definition) is 4. The molecule has 1 saturated heterocycles. The molecule has 106 valence electrons. The molecule has 0 radical (unpaired) electrons. The summed E-state index contributed by atoms with van der Waals surface area (Å²) in [6.45, 7) is 3.84. The van der Waals surface area contributed by atoms with Gasteiger partial charge in [-0.05, 0) is 38.0 Å². The Labute approximate surface area is 118 Å². The van der Waals surface area contributed by atoms with Crippen LogP contribution >= 0.6 is 11.8 Å². The number of nitrogens with zero attached hydrogens (tertiary/aromatic N) is 1. The number of hydrogen-bond donors (Lipinski definition) is 2. The minimum absolute atomic E-state index is 0.0130. The third-order valence-electron chi connectivity index (χ3n) is 5.18. The fraction of sp³-hybridized carbons (Fsp3) is 0.857. The van der Waals surface area contributed by atoms with E-state index in [1.54, 1.807) is 0 Å². The molecule has 0 aromatic rings. The lowest BCUT2D eigenvalue weighted by molar-refractivity contribution is -0.122. The monoisotopic (exact) mass is 282 g/mol. The summed E-state index contributed by atoms with van der Waals surface area (Å²) in [5, 5.41) is 13.0. The highest BCUT2D eigenvalue weighted by atomic mass is 32.2. The number of thioether (sulfide) groups is 1. The van der Waals surface area contributed by atoms with Gasteiger partial charge < -0.3 is 10.4 Å². The molecule has 0 aromatic heterocycles. The number of carbonyl (C=O) groups excluding carboxylic acids is 1. The third-order valence-corrected chi connectivity index (χ3v) is 6.59. The van der Waals surface area contributed by atoms with E-state index < -0.39 is 4.75 Å². The van der Waals surface area contributed by atoms with E-state index in [0.717, 1.165) is 17.0 Å². The number of aliphatic hydroxyl groups is 1. The number of carbonyl (C=O) groups is 1. The predicted octanol–water partition coefficient (Wildman–Crippen LogP) is 1.78. The number of fused-ring (bicyclic) bond motifs is 2. The van der Waals surface area contributed by atoms with E-state index in [1.807, 2.05) is 13.8 Å². The second kappa shape index (κ2) is 4.77. The Morgan fingerprint density at radius 1 is 1.53 bits per heavy atom. The van der Waals surface area contributed by atoms with Crippen LogP contribution in [0.15, 0.2) is 4.99 Å². The Hall–Kier alpha value is -0.550. The van der Waals surface area contributed by atoms with Crippen molar-refractivity contribution < 1.29 is 9.90 Å². The van der Waals surface area contributed by atoms with Gasteiger partial charge in [-0.2, -0.15) is 0 Å². The van der Waals surface area contributed by atoms with Gasteiger partial charge in [0.2, 0.25) is 5.91 Å². The Balaban J connectivity index is 1.72. The molecule has 19 heavy (non-hydrogen) atoms. The number of amidine groups is 1. The number of aliphatic imine (C=N–C) groups is 1. The minimum atomic E-state index is -0.578. The summed E-state index contributed by atoms with van der Waals surface area (Å²) < 4.78 is -0.578. The molecule has 1 aliphatic heterocycles. The summed E-state index contributed by atoms with van der Waals surface area (Å²) in [6.07, 6.45) is 5.18. The minimum Gasteiger partial charge on any atom is -0.396 e. The van der Waals surface area contributed by atoms with Crippen molar-refractivity contribution in [2.45, 2.75) is 50.3 Å². The molecule has 5 atom stereocenters. The number of aliphatic hydroxyl groups excluding tert-OH is 1. The normalized spacial score (nSPS) is 44.9. The Morgan fingerprint density at radius 3 is 2.89 bits per heavy atom. The van der Waals surface area contributed by atoms with Crippen LogP contribution in [-0.4, -0.2) is 33.6 Å². The van der Waals surface area contributed by atoms with Crippen molar-refractivity contribution in [3.05, 3.63) is 0 Å². The lowest BCUT2D eigenvalue weighted by atomic mass is 9.95. The maximum atomic E-state index is 12.1. The van der Waals surface area contributed by atoms with Gasteiger partial charge in [0.25, 0.3) is 0 Å². The molecular formula is C14H22N2O2S. The highest BCUT2D eigenvalue weighted by molar-refractivity contribution is 8.16. The first kappa shape index (κ1) is 13.4. The molecule has 1 unspecified atom stereocenters. The van der Waals surface area contributed by atoms with Gasteiger partial charge in [0.05, 0.1) is 6.04 Å². The topological polar surface area (TPSA) is 61.7 Å². The molecule has 5 heteroatoms. The number of nitrogens with one attached hydrogen (secondary N) is 1. The molecule has 1 amide bonds. The second-order valence-corrected chi connectivity index (χ2v) is 7.86. The molecule has 4 nitrogen and oxygen atoms in total. The van der Waals surface area contributed by atoms with Crippen LogP contribution < -0.4 is 5.32 Å². The van der Waals surface area contributed by atoms with E-state index in [-0.39, 0.29) is 18.4 Å². The highest BCUT2D eigenvalue weighted by Crippen LogP contribution is 2.47. The fourth-order valence-electron chi connectivity index (χ4n) is 3.57. The van der Waals surface area contributed by atoms with Crippen LogP contribution in [0.25, 0.3) is 0 Å². The van der Waals surface area contributed by atoms with Gasteiger partial charge in [0.15, 0.2) is 5.17 Å². The summed E-state index contributed by atoms with van der Waals surface area (Å²) >= 11 is 1.50. The van der Waals surface area contributed by atoms with Crippen LogP contribution in [0.3, 0.4) is 0 Å². The summed E-state index contributed by atoms with van der Waals surface area (Å²) in [5.41, 5.74) is 0. The van der Waals surface area contributed by atoms with E-state index in [9.17, 15) is 9.90 Å². The standard InChI is InChI=1S/C14H22N2O2S/c1-8(7-17)14(2)12(18)16-13(19-14)15-11-6-9-3-4-10(11)5-9/h8-11,17H,3-7H2,1-2H3,(H,15,16,18)/t8?,9-,10+,11+,14+/m1/s1. The molecule has 1 heterocycles. The van der Waals surface area contributed by atoms with E-state index in [4.69, 9.17) is 4.99 Å². The zero-order chi connectivity index (χ0) is 13.6. The Morgan fingerprint density at radius 2 is 2.32 bits per heavy atom. The zero-order valence-electron chi connectivity index (χ0n) is 11.6. The highest BCUT2D eigenvalue weighted by Gasteiger charge is 2.47. The molecule has 2 saturated carbocycles. The lowest BCUT2D eigenvalue weighted by Crippen LogP contribution is -2.40. The molecule has 3 aliphatic rings. The zero-order valence-corrected chi connectivity index (χ0v) is 12.4. The summed E-state index contributed by atoms with van der Waals surface area (Å²) in [6, 6.07) is 0.410. The van der Waals surface area contributed by atoms with Crippen molar-refractivity contribution in [3.63, 3.8) is 0 Å². The molecule has 0 aromatic carbocycles. The summed E-state index contributed by atoms with van der Waals surface area (Å²) in [5.74, 6) is 1.52. The van der Waals surface area contributed by atoms with Crippen LogP contribution in [0, 0.1) is 17.8 Å². The van der Waals surface area contributed by atoms with Crippen molar-refractivity contribution in [2.75, 3.05) is 6.61 Å². The van der Waals surface area contributed by atoms with Gasteiger partial charge in [-0.25, -0.2) is 0 Å². The Kier molecular flexibility index (Phi) is 3.38. The summed E-state index contributed by atoms with van der Waals surface area (Å²) in [4.78, 5) is 16.9. The SMILES string of the molecule is CC(CO)[C@]1(C)SC(=N[C@H]2C[C@@H]3CC[C@H]2C3)NC1=O. The quantitative estimate of drug-likeness (QED) is 0.829. The summed E-state index contributed by atoms with van der Waals surface area (Å²) in [7, 11) is 0. The van der Waals surface area contributed by atoms with Crippen LogP contribution in [0.4, 0.5) is 0 Å². The number of rotatable bonds is 3. The second-order valence-electron chi connectivity index (χ2n) is 6.42. The van der Waals surface area contributed by atoms with Gasteiger partial charge in [0, 0.05) is 12.5 Å². The third kappa shape index (κ3) is 2.21. The molecule has 2 bridgehead atoms. The van der Waals surface area contributed by atoms with Gasteiger partial charge in [-0.15, -0.1) is 0 Å². The van der Waals surface area contributed by atoms with E-state index in [0.29, 0.717) is 6.04 Å². The maximum Gasteiger partial charge on any atom is 0.242 e. The fourth-order valence-corrected chi connectivity index (χ4v) is 4.72. The smallest absolute Gasteiger partial charge is 0.242 e. The lowest BCUT2D eigenvalue weighted by Gasteiger charge is -2.24. The molecule has 0 spiro atoms. The van der Waals surface area contributed by atoms with Crippen molar-refractivity contribution in [1.82, 2.24) is 5.32 Å². The van der Waals surface area contributed by atoms with Crippen LogP contribution in [0.5, 0.6) is 0 Å². The predicted molar refractivity (Wildman–Crippen MR) is 77.1 cm³/mol. The van der Waals surface area contributed by atoms with Gasteiger partial charge in [0.1, 0.15) is 4.75 Å². The van der Waals surface area contributed by atoms with Crippen molar-refractivity contribution >= 4 is 22.8 Å². The largest absolute Gasteiger partial charge is 0.396 e. The Bertz CT molecular complexity index is 426. The molecule has 3 rings (SSSR count). The van der Waals surface area contributed by atoms with E-state index in [1.165, 1.54) is 37.4 Å². The van der Waals surface area contributed by atoms with Crippen LogP contribution in [0.1, 0.15) is 39.5 Å². The van der Waals surface area contributed by atoms with Gasteiger partial charge in [-0.3, -0.25) is 9.79 Å². The first-order valence-electron chi connectivity index (χ1n) is 7.22. The van der Waals surface area contributed by atoms with Crippen molar-refractivity contribution in [2.24, 2.45) is 22.7 Å². The molecule has 2 N–H and O–H groups in total. The average Bonchev–Trinajstić information content (AvgIpc) is 3.05. The maximum absolute atomic E-state index is 12.1. The van der Waals surface area contributed by atoms with E-state index >= 15 is 0 Å². The van der Waals surface area contributed by atoms with Crippen LogP contribution in [-0.2, 0) is 4.79 Å². The first-order valence-corrected chi connectivity index (χ1v) is 8.03. The molecule has 3 fully saturated rings. The molecule has 2 aliphatic carbocycles. The van der Waals surface area contributed by atoms with E-state index in [2.05, 4.69) is 5.32 Å². The number of amides is 1. The first-order chi connectivity index (χ1) is 9.03.